The molecule has 4 N–H and O–H groups in total. The number of hydrogen-bond acceptors (Lipinski definition) is 2. The van der Waals surface area contributed by atoms with Crippen LogP contribution in [0.4, 0.5) is 0 Å². The predicted octanol–water partition coefficient (Wildman–Crippen LogP) is -1.03. The highest BCUT2D eigenvalue weighted by molar-refractivity contribution is 5.78. The van der Waals surface area contributed by atoms with Crippen molar-refractivity contribution in [1.82, 2.24) is 5.32 Å². The number of rotatable bonds is 2. The molecule has 1 unspecified atom stereocenters. The summed E-state index contributed by atoms with van der Waals surface area (Å²) in [6.45, 7) is 1.56. The van der Waals surface area contributed by atoms with Crippen LogP contribution in [0.2, 0.25) is 0 Å². The standard InChI is InChI=1S/C4H8N3O/c1-3(2-8)7-4(5)6/h3H,1H3,(H4,5,6,7). The van der Waals surface area contributed by atoms with E-state index in [-0.39, 0.29) is 5.96 Å². The fourth-order valence-electron chi connectivity index (χ4n) is 0.263. The summed E-state index contributed by atoms with van der Waals surface area (Å²) in [4.78, 5) is 9.70. The maximum atomic E-state index is 9.70. The Morgan fingerprint density at radius 3 is 2.62 bits per heavy atom. The molecule has 0 bridgehead atoms. The smallest absolute Gasteiger partial charge is 0.222 e. The Hall–Kier alpha value is -1.06. The molecule has 0 amide bonds. The molecule has 0 aromatic carbocycles. The van der Waals surface area contributed by atoms with Crippen LogP contribution in [0.3, 0.4) is 0 Å². The van der Waals surface area contributed by atoms with Crippen molar-refractivity contribution < 1.29 is 4.79 Å². The maximum Gasteiger partial charge on any atom is 0.222 e. The second-order valence-electron chi connectivity index (χ2n) is 1.40. The Kier molecular flexibility index (Phi) is 2.61. The molecule has 4 heteroatoms. The number of carbonyl (C=O) groups excluding carboxylic acids is 1. The van der Waals surface area contributed by atoms with E-state index >= 15 is 0 Å². The Labute approximate surface area is 47.6 Å². The summed E-state index contributed by atoms with van der Waals surface area (Å²) in [5.74, 6) is -0.208. The van der Waals surface area contributed by atoms with Gasteiger partial charge in [0.05, 0.1) is 6.04 Å². The Bertz CT molecular complexity index is 101. The predicted molar refractivity (Wildman–Crippen MR) is 30.2 cm³/mol. The highest BCUT2D eigenvalue weighted by Gasteiger charge is 1.96. The lowest BCUT2D eigenvalue weighted by molar-refractivity contribution is 0.540. The third-order valence-corrected chi connectivity index (χ3v) is 0.549. The summed E-state index contributed by atoms with van der Waals surface area (Å²) in [5, 5.41) is 8.95. The van der Waals surface area contributed by atoms with Gasteiger partial charge in [0.15, 0.2) is 5.96 Å². The average Bonchev–Trinajstić information content (AvgIpc) is 1.65. The van der Waals surface area contributed by atoms with Gasteiger partial charge < -0.3 is 11.1 Å². The van der Waals surface area contributed by atoms with Crippen LogP contribution in [-0.4, -0.2) is 18.3 Å². The minimum absolute atomic E-state index is 0.208. The van der Waals surface area contributed by atoms with Gasteiger partial charge >= 0.3 is 0 Å². The maximum absolute atomic E-state index is 9.70. The zero-order valence-electron chi connectivity index (χ0n) is 4.56. The summed E-state index contributed by atoms with van der Waals surface area (Å²) < 4.78 is 0. The minimum Gasteiger partial charge on any atom is -0.370 e. The molecule has 0 aromatic rings. The molecule has 0 saturated carbocycles. The molecule has 0 saturated heterocycles. The van der Waals surface area contributed by atoms with Gasteiger partial charge in [0.1, 0.15) is 0 Å². The summed E-state index contributed by atoms with van der Waals surface area (Å²) in [6.07, 6.45) is 1.61. The Morgan fingerprint density at radius 1 is 2.00 bits per heavy atom. The van der Waals surface area contributed by atoms with Crippen molar-refractivity contribution in [2.24, 2.45) is 5.73 Å². The van der Waals surface area contributed by atoms with Crippen LogP contribution < -0.4 is 11.1 Å². The van der Waals surface area contributed by atoms with Gasteiger partial charge in [-0.15, -0.1) is 0 Å². The van der Waals surface area contributed by atoms with Crippen molar-refractivity contribution in [2.45, 2.75) is 13.0 Å². The number of guanidine groups is 1. The topological polar surface area (TPSA) is 79.0 Å². The highest BCUT2D eigenvalue weighted by atomic mass is 16.1. The van der Waals surface area contributed by atoms with Crippen LogP contribution >= 0.6 is 0 Å². The van der Waals surface area contributed by atoms with E-state index in [0.717, 1.165) is 0 Å². The molecule has 0 aliphatic rings. The van der Waals surface area contributed by atoms with Crippen molar-refractivity contribution in [1.29, 1.82) is 5.41 Å². The van der Waals surface area contributed by atoms with Gasteiger partial charge in [-0.05, 0) is 6.92 Å². The molecule has 0 rings (SSSR count). The molecule has 0 aromatic heterocycles. The van der Waals surface area contributed by atoms with E-state index in [0.29, 0.717) is 0 Å². The van der Waals surface area contributed by atoms with Crippen LogP contribution in [0, 0.1) is 5.41 Å². The minimum atomic E-state index is -0.479. The quantitative estimate of drug-likeness (QED) is 0.317. The fourth-order valence-corrected chi connectivity index (χ4v) is 0.263. The number of hydrogen-bond donors (Lipinski definition) is 3. The fraction of sp³-hybridized carbons (Fsp3) is 0.500. The van der Waals surface area contributed by atoms with Gasteiger partial charge in [0, 0.05) is 0 Å². The molecule has 0 heterocycles. The summed E-state index contributed by atoms with van der Waals surface area (Å²) in [5.41, 5.74) is 4.86. The molecule has 0 spiro atoms. The summed E-state index contributed by atoms with van der Waals surface area (Å²) in [6, 6.07) is -0.479. The Balaban J connectivity index is 3.38. The highest BCUT2D eigenvalue weighted by Crippen LogP contribution is 1.68. The lowest BCUT2D eigenvalue weighted by Crippen LogP contribution is -2.38. The van der Waals surface area contributed by atoms with Crippen LogP contribution in [-0.2, 0) is 4.79 Å². The first-order chi connectivity index (χ1) is 3.66. The number of nitrogens with two attached hydrogens (primary N) is 1. The largest absolute Gasteiger partial charge is 0.370 e. The van der Waals surface area contributed by atoms with Gasteiger partial charge in [0.25, 0.3) is 0 Å². The first-order valence-electron chi connectivity index (χ1n) is 2.15. The molecular weight excluding hydrogens is 106 g/mol. The molecule has 0 fully saturated rings. The molecule has 0 aliphatic carbocycles. The van der Waals surface area contributed by atoms with Crippen LogP contribution in [0.1, 0.15) is 6.92 Å². The third-order valence-electron chi connectivity index (χ3n) is 0.549. The monoisotopic (exact) mass is 114 g/mol. The van der Waals surface area contributed by atoms with E-state index in [9.17, 15) is 4.79 Å². The van der Waals surface area contributed by atoms with Crippen LogP contribution in [0.15, 0.2) is 0 Å². The van der Waals surface area contributed by atoms with Crippen LogP contribution in [0.25, 0.3) is 0 Å². The summed E-state index contributed by atoms with van der Waals surface area (Å²) >= 11 is 0. The Morgan fingerprint density at radius 2 is 2.50 bits per heavy atom. The van der Waals surface area contributed by atoms with Gasteiger partial charge in [-0.3, -0.25) is 10.2 Å². The lowest BCUT2D eigenvalue weighted by atomic mass is 10.4. The van der Waals surface area contributed by atoms with Crippen molar-refractivity contribution in [2.75, 3.05) is 0 Å². The molecule has 1 atom stereocenters. The van der Waals surface area contributed by atoms with E-state index in [1.165, 1.54) is 0 Å². The van der Waals surface area contributed by atoms with Crippen molar-refractivity contribution >= 4 is 12.2 Å². The molecule has 0 aliphatic heterocycles. The van der Waals surface area contributed by atoms with E-state index in [4.69, 9.17) is 11.1 Å². The average molecular weight is 114 g/mol. The molecule has 1 radical (unpaired) electrons. The van der Waals surface area contributed by atoms with Crippen molar-refractivity contribution in [3.05, 3.63) is 0 Å². The lowest BCUT2D eigenvalue weighted by Gasteiger charge is -2.02. The van der Waals surface area contributed by atoms with E-state index in [1.807, 2.05) is 0 Å². The van der Waals surface area contributed by atoms with E-state index in [2.05, 4.69) is 5.32 Å². The zero-order valence-corrected chi connectivity index (χ0v) is 4.56. The van der Waals surface area contributed by atoms with Crippen molar-refractivity contribution in [3.8, 4) is 0 Å². The molecule has 8 heavy (non-hydrogen) atoms. The zero-order chi connectivity index (χ0) is 6.57. The van der Waals surface area contributed by atoms with Gasteiger partial charge in [0.2, 0.25) is 6.29 Å². The van der Waals surface area contributed by atoms with E-state index < -0.39 is 6.04 Å². The second-order valence-corrected chi connectivity index (χ2v) is 1.40. The summed E-state index contributed by atoms with van der Waals surface area (Å²) in [7, 11) is 0. The van der Waals surface area contributed by atoms with Gasteiger partial charge in [-0.25, -0.2) is 0 Å². The first-order valence-corrected chi connectivity index (χ1v) is 2.15. The molecule has 4 nitrogen and oxygen atoms in total. The molecule has 45 valence electrons. The van der Waals surface area contributed by atoms with Gasteiger partial charge in [-0.2, -0.15) is 0 Å². The first kappa shape index (κ1) is 6.94. The molecular formula is C4H8N3O. The SMILES string of the molecule is CC([C]=O)NC(=N)N. The normalized spacial score (nSPS) is 12.1. The third kappa shape index (κ3) is 3.14. The second kappa shape index (κ2) is 3.01. The van der Waals surface area contributed by atoms with E-state index in [1.54, 1.807) is 13.2 Å². The van der Waals surface area contributed by atoms with Crippen molar-refractivity contribution in [3.63, 3.8) is 0 Å². The number of nitrogens with one attached hydrogen (secondary N) is 2. The van der Waals surface area contributed by atoms with Gasteiger partial charge in [-0.1, -0.05) is 0 Å². The van der Waals surface area contributed by atoms with Crippen LogP contribution in [0.5, 0.6) is 0 Å².